The predicted octanol–water partition coefficient (Wildman–Crippen LogP) is 5.79. The van der Waals surface area contributed by atoms with Gasteiger partial charge in [0.2, 0.25) is 0 Å². The maximum Gasteiger partial charge on any atom is 0.519 e. The highest BCUT2D eigenvalue weighted by molar-refractivity contribution is 5.89. The van der Waals surface area contributed by atoms with E-state index in [-0.39, 0.29) is 45.1 Å². The van der Waals surface area contributed by atoms with Crippen LogP contribution in [0.25, 0.3) is 0 Å². The van der Waals surface area contributed by atoms with Gasteiger partial charge in [-0.05, 0) is 36.4 Å². The monoisotopic (exact) mass is 572 g/mol. The zero-order chi connectivity index (χ0) is 30.1. The Kier molecular flexibility index (Phi) is 9.15. The number of carbonyl (C=O) groups excluding carboxylic acids is 3. The third-order valence-corrected chi connectivity index (χ3v) is 5.63. The van der Waals surface area contributed by atoms with Crippen molar-refractivity contribution >= 4 is 29.5 Å². The third kappa shape index (κ3) is 7.51. The molecule has 4 aromatic carbocycles. The summed E-state index contributed by atoms with van der Waals surface area (Å²) in [5.74, 6) is -1.83. The molecule has 0 spiro atoms. The zero-order valence-electron chi connectivity index (χ0n) is 21.5. The number of rotatable bonds is 10. The average molecular weight is 572 g/mol. The lowest BCUT2D eigenvalue weighted by atomic mass is 10.2. The van der Waals surface area contributed by atoms with Crippen molar-refractivity contribution in [1.82, 2.24) is 0 Å². The Labute approximate surface area is 237 Å². The van der Waals surface area contributed by atoms with Crippen molar-refractivity contribution < 1.29 is 43.2 Å². The Hall–Kier alpha value is -6.11. The van der Waals surface area contributed by atoms with Crippen molar-refractivity contribution in [3.8, 4) is 11.5 Å². The second-order valence-electron chi connectivity index (χ2n) is 8.44. The summed E-state index contributed by atoms with van der Waals surface area (Å²) in [4.78, 5) is 58.6. The van der Waals surface area contributed by atoms with E-state index in [2.05, 4.69) is 0 Å². The van der Waals surface area contributed by atoms with Crippen LogP contribution in [0.15, 0.2) is 97.1 Å². The smallest absolute Gasteiger partial charge is 0.457 e. The number of nitro groups is 2. The Morgan fingerprint density at radius 3 is 1.31 bits per heavy atom. The topological polar surface area (TPSA) is 174 Å². The van der Waals surface area contributed by atoms with Crippen LogP contribution >= 0.6 is 0 Å². The van der Waals surface area contributed by atoms with E-state index >= 15 is 0 Å². The summed E-state index contributed by atoms with van der Waals surface area (Å²) in [5.41, 5.74) is -0.233. The van der Waals surface area contributed by atoms with E-state index < -0.39 is 41.2 Å². The molecule has 0 aromatic heterocycles. The number of benzene rings is 4. The molecule has 0 radical (unpaired) electrons. The fourth-order valence-electron chi connectivity index (χ4n) is 3.59. The first kappa shape index (κ1) is 28.9. The van der Waals surface area contributed by atoms with Crippen LogP contribution in [0.1, 0.15) is 31.8 Å². The van der Waals surface area contributed by atoms with Gasteiger partial charge in [0, 0.05) is 35.4 Å². The van der Waals surface area contributed by atoms with Gasteiger partial charge in [0.25, 0.3) is 11.4 Å². The van der Waals surface area contributed by atoms with Crippen LogP contribution in [0.4, 0.5) is 16.2 Å². The fraction of sp³-hybridized carbons (Fsp3) is 0.0690. The van der Waals surface area contributed by atoms with E-state index in [9.17, 15) is 34.6 Å². The van der Waals surface area contributed by atoms with Gasteiger partial charge in [-0.15, -0.1) is 0 Å². The van der Waals surface area contributed by atoms with Crippen molar-refractivity contribution in [2.45, 2.75) is 13.2 Å². The number of hydrogen-bond acceptors (Lipinski definition) is 11. The minimum absolute atomic E-state index is 0.00820. The first-order chi connectivity index (χ1) is 20.2. The molecular weight excluding hydrogens is 552 g/mol. The van der Waals surface area contributed by atoms with Gasteiger partial charge in [-0.2, -0.15) is 0 Å². The first-order valence-electron chi connectivity index (χ1n) is 12.1. The summed E-state index contributed by atoms with van der Waals surface area (Å²) in [6.07, 6.45) is -1.32. The summed E-state index contributed by atoms with van der Waals surface area (Å²) < 4.78 is 20.9. The van der Waals surface area contributed by atoms with E-state index in [1.54, 1.807) is 36.4 Å². The SMILES string of the molecule is O=C(Oc1ccc([N+](=O)[O-])cc1COC(=O)c1ccccc1)Oc1ccc([N+](=O)[O-])cc1COC(=O)c1ccccc1. The number of ether oxygens (including phenoxy) is 4. The highest BCUT2D eigenvalue weighted by atomic mass is 16.7. The maximum atomic E-state index is 12.7. The predicted molar refractivity (Wildman–Crippen MR) is 144 cm³/mol. The summed E-state index contributed by atoms with van der Waals surface area (Å²) >= 11 is 0. The summed E-state index contributed by atoms with van der Waals surface area (Å²) in [7, 11) is 0. The van der Waals surface area contributed by atoms with Crippen LogP contribution in [-0.4, -0.2) is 27.9 Å². The number of nitro benzene ring substituents is 2. The molecule has 13 heteroatoms. The molecule has 0 heterocycles. The highest BCUT2D eigenvalue weighted by Crippen LogP contribution is 2.28. The average Bonchev–Trinajstić information content (AvgIpc) is 3.00. The van der Waals surface area contributed by atoms with Gasteiger partial charge in [0.1, 0.15) is 24.7 Å². The molecule has 0 N–H and O–H groups in total. The maximum absolute atomic E-state index is 12.7. The van der Waals surface area contributed by atoms with Gasteiger partial charge >= 0.3 is 18.1 Å². The van der Waals surface area contributed by atoms with Crippen molar-refractivity contribution in [1.29, 1.82) is 0 Å². The van der Waals surface area contributed by atoms with E-state index in [0.29, 0.717) is 0 Å². The minimum Gasteiger partial charge on any atom is -0.457 e. The molecule has 0 aliphatic heterocycles. The molecular formula is C29H20N2O11. The van der Waals surface area contributed by atoms with Crippen LogP contribution in [0, 0.1) is 20.2 Å². The van der Waals surface area contributed by atoms with E-state index in [1.165, 1.54) is 24.3 Å². The Morgan fingerprint density at radius 1 is 0.571 bits per heavy atom. The number of nitrogens with zero attached hydrogens (tertiary/aromatic N) is 2. The lowest BCUT2D eigenvalue weighted by molar-refractivity contribution is -0.385. The highest BCUT2D eigenvalue weighted by Gasteiger charge is 2.21. The Balaban J connectivity index is 1.51. The second kappa shape index (κ2) is 13.3. The van der Waals surface area contributed by atoms with Crippen LogP contribution in [0.5, 0.6) is 11.5 Å². The van der Waals surface area contributed by atoms with Crippen molar-refractivity contribution in [3.05, 3.63) is 140 Å². The lowest BCUT2D eigenvalue weighted by Crippen LogP contribution is -2.17. The quantitative estimate of drug-likeness (QED) is 0.0972. The van der Waals surface area contributed by atoms with Crippen LogP contribution in [0.3, 0.4) is 0 Å². The molecule has 42 heavy (non-hydrogen) atoms. The largest absolute Gasteiger partial charge is 0.519 e. The van der Waals surface area contributed by atoms with Gasteiger partial charge in [0.05, 0.1) is 21.0 Å². The van der Waals surface area contributed by atoms with Crippen LogP contribution < -0.4 is 9.47 Å². The molecule has 0 aliphatic rings. The van der Waals surface area contributed by atoms with Crippen molar-refractivity contribution in [3.63, 3.8) is 0 Å². The number of hydrogen-bond donors (Lipinski definition) is 0. The first-order valence-corrected chi connectivity index (χ1v) is 12.1. The van der Waals surface area contributed by atoms with E-state index in [0.717, 1.165) is 36.4 Å². The Morgan fingerprint density at radius 2 is 0.952 bits per heavy atom. The molecule has 0 amide bonds. The van der Waals surface area contributed by atoms with Crippen LogP contribution in [-0.2, 0) is 22.7 Å². The Bertz CT molecular complexity index is 1520. The van der Waals surface area contributed by atoms with Gasteiger partial charge in [0.15, 0.2) is 0 Å². The molecule has 13 nitrogen and oxygen atoms in total. The normalized spacial score (nSPS) is 10.3. The molecule has 0 atom stereocenters. The van der Waals surface area contributed by atoms with Crippen molar-refractivity contribution in [2.24, 2.45) is 0 Å². The number of carbonyl (C=O) groups is 3. The number of non-ortho nitro benzene ring substituents is 2. The third-order valence-electron chi connectivity index (χ3n) is 5.63. The molecule has 0 saturated carbocycles. The van der Waals surface area contributed by atoms with E-state index in [4.69, 9.17) is 18.9 Å². The van der Waals surface area contributed by atoms with Crippen molar-refractivity contribution in [2.75, 3.05) is 0 Å². The van der Waals surface area contributed by atoms with Crippen LogP contribution in [0.2, 0.25) is 0 Å². The minimum atomic E-state index is -1.32. The molecule has 0 unspecified atom stereocenters. The van der Waals surface area contributed by atoms with Gasteiger partial charge in [-0.25, -0.2) is 14.4 Å². The summed E-state index contributed by atoms with van der Waals surface area (Å²) in [6, 6.07) is 22.5. The van der Waals surface area contributed by atoms with Gasteiger partial charge in [-0.1, -0.05) is 36.4 Å². The van der Waals surface area contributed by atoms with Gasteiger partial charge in [-0.3, -0.25) is 20.2 Å². The fourth-order valence-corrected chi connectivity index (χ4v) is 3.59. The molecule has 4 rings (SSSR count). The molecule has 0 fully saturated rings. The molecule has 0 saturated heterocycles. The number of esters is 2. The van der Waals surface area contributed by atoms with E-state index in [1.807, 2.05) is 0 Å². The second-order valence-corrected chi connectivity index (χ2v) is 8.44. The zero-order valence-corrected chi connectivity index (χ0v) is 21.5. The standard InChI is InChI=1S/C29H20N2O11/c32-27(19-7-3-1-4-8-19)39-17-21-15-23(30(35)36)11-13-25(21)41-29(34)42-26-14-12-24(31(37)38)16-22(26)18-40-28(33)20-9-5-2-6-10-20/h1-16H,17-18H2. The molecule has 212 valence electrons. The lowest BCUT2D eigenvalue weighted by Gasteiger charge is -2.13. The van der Waals surface area contributed by atoms with Gasteiger partial charge < -0.3 is 18.9 Å². The molecule has 0 bridgehead atoms. The molecule has 0 aliphatic carbocycles. The summed E-state index contributed by atoms with van der Waals surface area (Å²) in [6.45, 7) is -0.952. The molecule has 4 aromatic rings. The summed E-state index contributed by atoms with van der Waals surface area (Å²) in [5, 5.41) is 22.6.